The monoisotopic (exact) mass is 448 g/mol. The van der Waals surface area contributed by atoms with E-state index in [4.69, 9.17) is 23.7 Å². The van der Waals surface area contributed by atoms with E-state index < -0.39 is 79.1 Å². The maximum Gasteiger partial charge on any atom is 0.311 e. The highest BCUT2D eigenvalue weighted by molar-refractivity contribution is 5.89. The van der Waals surface area contributed by atoms with Crippen molar-refractivity contribution in [3.05, 3.63) is 0 Å². The van der Waals surface area contributed by atoms with Gasteiger partial charge >= 0.3 is 23.9 Å². The lowest BCUT2D eigenvalue weighted by Gasteiger charge is -2.40. The van der Waals surface area contributed by atoms with Crippen LogP contribution >= 0.6 is 0 Å². The Morgan fingerprint density at radius 1 is 1.03 bits per heavy atom. The van der Waals surface area contributed by atoms with Crippen molar-refractivity contribution in [1.82, 2.24) is 0 Å². The number of Topliss-reactive ketones (excluding diaryl/α,β-unsaturated/α-hetero) is 1. The molecule has 1 saturated heterocycles. The molecule has 0 bridgehead atoms. The minimum Gasteiger partial charge on any atom is -0.466 e. The first-order valence-corrected chi connectivity index (χ1v) is 9.63. The van der Waals surface area contributed by atoms with Crippen LogP contribution in [-0.2, 0) is 47.7 Å². The van der Waals surface area contributed by atoms with Crippen molar-refractivity contribution in [2.75, 3.05) is 19.8 Å². The highest BCUT2D eigenvalue weighted by Gasteiger charge is 2.49. The van der Waals surface area contributed by atoms with Gasteiger partial charge in [-0.2, -0.15) is 0 Å². The lowest BCUT2D eigenvalue weighted by Crippen LogP contribution is -2.61. The third-order valence-electron chi connectivity index (χ3n) is 4.31. The lowest BCUT2D eigenvalue weighted by molar-refractivity contribution is -0.232. The number of carbonyl (C=O) groups excluding carboxylic acids is 5. The molecule has 0 aromatic carbocycles. The molecule has 1 rings (SSSR count). The highest BCUT2D eigenvalue weighted by atomic mass is 16.6. The van der Waals surface area contributed by atoms with Gasteiger partial charge in [-0.3, -0.25) is 24.0 Å². The first kappa shape index (κ1) is 26.5. The van der Waals surface area contributed by atoms with Gasteiger partial charge in [-0.25, -0.2) is 0 Å². The Kier molecular flexibility index (Phi) is 10.5. The van der Waals surface area contributed by atoms with Gasteiger partial charge in [0.05, 0.1) is 25.7 Å². The third-order valence-corrected chi connectivity index (χ3v) is 4.31. The molecule has 0 aliphatic carbocycles. The van der Waals surface area contributed by atoms with E-state index in [2.05, 4.69) is 0 Å². The minimum absolute atomic E-state index is 0.0307. The fourth-order valence-electron chi connectivity index (χ4n) is 3.06. The van der Waals surface area contributed by atoms with Gasteiger partial charge < -0.3 is 33.9 Å². The number of esters is 4. The van der Waals surface area contributed by atoms with Crippen LogP contribution in [0.25, 0.3) is 0 Å². The summed E-state index contributed by atoms with van der Waals surface area (Å²) in [4.78, 5) is 59.0. The number of aliphatic hydroxyl groups is 2. The topological polar surface area (TPSA) is 172 Å². The van der Waals surface area contributed by atoms with E-state index in [0.717, 1.165) is 20.8 Å². The Balaban J connectivity index is 3.12. The molecule has 1 fully saturated rings. The van der Waals surface area contributed by atoms with Gasteiger partial charge in [0.25, 0.3) is 0 Å². The van der Waals surface area contributed by atoms with Crippen LogP contribution in [0.1, 0.15) is 34.1 Å². The summed E-state index contributed by atoms with van der Waals surface area (Å²) >= 11 is 0. The number of carbonyl (C=O) groups is 5. The number of rotatable bonds is 10. The fraction of sp³-hybridized carbons (Fsp3) is 0.737. The molecule has 1 heterocycles. The molecule has 0 saturated carbocycles. The van der Waals surface area contributed by atoms with Gasteiger partial charge in [-0.15, -0.1) is 0 Å². The fourth-order valence-corrected chi connectivity index (χ4v) is 3.06. The summed E-state index contributed by atoms with van der Waals surface area (Å²) < 4.78 is 25.3. The maximum absolute atomic E-state index is 12.8. The van der Waals surface area contributed by atoms with E-state index in [1.54, 1.807) is 6.92 Å². The molecule has 6 atom stereocenters. The number of hydrogen-bond acceptors (Lipinski definition) is 12. The molecule has 12 nitrogen and oxygen atoms in total. The van der Waals surface area contributed by atoms with Crippen LogP contribution < -0.4 is 0 Å². The molecule has 1 aliphatic rings. The van der Waals surface area contributed by atoms with Crippen LogP contribution in [-0.4, -0.2) is 90.2 Å². The highest BCUT2D eigenvalue weighted by Crippen LogP contribution is 2.26. The molecule has 1 aliphatic heterocycles. The quantitative estimate of drug-likeness (QED) is 0.298. The number of aliphatic hydroxyl groups excluding tert-OH is 2. The van der Waals surface area contributed by atoms with E-state index in [1.807, 2.05) is 0 Å². The molecule has 2 unspecified atom stereocenters. The minimum atomic E-state index is -1.72. The first-order valence-electron chi connectivity index (χ1n) is 9.63. The smallest absolute Gasteiger partial charge is 0.311 e. The van der Waals surface area contributed by atoms with Crippen LogP contribution in [0.15, 0.2) is 0 Å². The molecule has 0 aromatic rings. The summed E-state index contributed by atoms with van der Waals surface area (Å²) in [6, 6.07) is 0. The molecule has 0 radical (unpaired) electrons. The van der Waals surface area contributed by atoms with Gasteiger partial charge in [0, 0.05) is 27.2 Å². The molecule has 12 heteroatoms. The summed E-state index contributed by atoms with van der Waals surface area (Å²) in [5.41, 5.74) is 0. The molecule has 31 heavy (non-hydrogen) atoms. The summed E-state index contributed by atoms with van der Waals surface area (Å²) in [5.74, 6) is -5.26. The number of ether oxygens (including phenoxy) is 5. The van der Waals surface area contributed by atoms with E-state index in [0.29, 0.717) is 0 Å². The van der Waals surface area contributed by atoms with Crippen LogP contribution in [0.3, 0.4) is 0 Å². The summed E-state index contributed by atoms with van der Waals surface area (Å²) in [5, 5.41) is 20.1. The van der Waals surface area contributed by atoms with E-state index in [-0.39, 0.29) is 13.2 Å². The van der Waals surface area contributed by atoms with Crippen molar-refractivity contribution in [3.63, 3.8) is 0 Å². The molecule has 0 aromatic heterocycles. The molecular formula is C19H28O12. The van der Waals surface area contributed by atoms with Crippen molar-refractivity contribution < 1.29 is 57.9 Å². The Morgan fingerprint density at radius 2 is 1.65 bits per heavy atom. The average Bonchev–Trinajstić information content (AvgIpc) is 2.66. The van der Waals surface area contributed by atoms with E-state index >= 15 is 0 Å². The summed E-state index contributed by atoms with van der Waals surface area (Å²) in [6.07, 6.45) is -8.02. The Hall–Kier alpha value is -2.57. The number of hydrogen-bond donors (Lipinski definition) is 2. The normalized spacial score (nSPS) is 25.0. The predicted molar refractivity (Wildman–Crippen MR) is 99.2 cm³/mol. The summed E-state index contributed by atoms with van der Waals surface area (Å²) in [6.45, 7) is 3.72. The second kappa shape index (κ2) is 12.3. The van der Waals surface area contributed by atoms with Crippen LogP contribution in [0.2, 0.25) is 0 Å². The van der Waals surface area contributed by atoms with Crippen molar-refractivity contribution in [1.29, 1.82) is 0 Å². The van der Waals surface area contributed by atoms with Gasteiger partial charge in [0.15, 0.2) is 24.1 Å². The molecule has 0 amide bonds. The van der Waals surface area contributed by atoms with Crippen molar-refractivity contribution in [2.24, 2.45) is 5.92 Å². The van der Waals surface area contributed by atoms with Crippen LogP contribution in [0, 0.1) is 5.92 Å². The second-order valence-corrected chi connectivity index (χ2v) is 6.84. The first-order chi connectivity index (χ1) is 14.5. The molecular weight excluding hydrogens is 420 g/mol. The van der Waals surface area contributed by atoms with E-state index in [9.17, 15) is 34.2 Å². The number of ketones is 1. The van der Waals surface area contributed by atoms with Crippen LogP contribution in [0.5, 0.6) is 0 Å². The summed E-state index contributed by atoms with van der Waals surface area (Å²) in [7, 11) is 0. The zero-order valence-corrected chi connectivity index (χ0v) is 17.8. The van der Waals surface area contributed by atoms with Gasteiger partial charge in [-0.1, -0.05) is 0 Å². The Morgan fingerprint density at radius 3 is 2.13 bits per heavy atom. The lowest BCUT2D eigenvalue weighted by atomic mass is 9.90. The zero-order chi connectivity index (χ0) is 23.7. The maximum atomic E-state index is 12.8. The largest absolute Gasteiger partial charge is 0.466 e. The van der Waals surface area contributed by atoms with Crippen molar-refractivity contribution in [2.45, 2.75) is 64.6 Å². The van der Waals surface area contributed by atoms with Crippen molar-refractivity contribution in [3.8, 4) is 0 Å². The molecule has 176 valence electrons. The SMILES string of the molecule is CCOC(=O)[C@@H](CO)CC(=O)C(OC(C)=O)C1OC[C@@H](OC(C)=O)[C@H](OC(C)=O)[C@H]1O. The second-order valence-electron chi connectivity index (χ2n) is 6.84. The van der Waals surface area contributed by atoms with Gasteiger partial charge in [0.1, 0.15) is 12.2 Å². The molecule has 2 N–H and O–H groups in total. The third kappa shape index (κ3) is 7.89. The van der Waals surface area contributed by atoms with Crippen molar-refractivity contribution >= 4 is 29.7 Å². The van der Waals surface area contributed by atoms with Gasteiger partial charge in [0.2, 0.25) is 0 Å². The zero-order valence-electron chi connectivity index (χ0n) is 17.8. The van der Waals surface area contributed by atoms with Crippen LogP contribution in [0.4, 0.5) is 0 Å². The Labute approximate surface area is 178 Å². The Bertz CT molecular complexity index is 675. The molecule has 0 spiro atoms. The standard InChI is InChI=1S/C19H28O12/c1-5-27-19(26)12(7-20)6-13(24)16(30-10(3)22)18-15(25)17(31-11(4)23)14(8-28-18)29-9(2)21/h12,14-18,20,25H,5-8H2,1-4H3/t12-,14-,15-,16?,17+,18?/m1/s1. The predicted octanol–water partition coefficient (Wildman–Crippen LogP) is -1.33. The average molecular weight is 448 g/mol. The van der Waals surface area contributed by atoms with Gasteiger partial charge in [-0.05, 0) is 6.92 Å². The van der Waals surface area contributed by atoms with E-state index in [1.165, 1.54) is 0 Å².